The number of ketones is 1. The molecule has 1 aromatic heterocycles. The van der Waals surface area contributed by atoms with E-state index in [1.165, 1.54) is 41.2 Å². The van der Waals surface area contributed by atoms with E-state index in [-0.39, 0.29) is 29.8 Å². The number of nitrogens with zero attached hydrogens (tertiary/aromatic N) is 3. The maximum Gasteiger partial charge on any atom is 0.331 e. The number of Topliss-reactive ketones (excluding diaryl/α,β-unsaturated/α-hetero) is 1. The first kappa shape index (κ1) is 20.4. The number of likely N-dealkylation sites (tertiary alicyclic amines) is 1. The molecule has 7 nitrogen and oxygen atoms in total. The number of piperidine rings is 1. The van der Waals surface area contributed by atoms with Crippen molar-refractivity contribution >= 4 is 22.5 Å². The van der Waals surface area contributed by atoms with E-state index in [1.54, 1.807) is 4.90 Å². The molecule has 1 fully saturated rings. The van der Waals surface area contributed by atoms with Crippen molar-refractivity contribution in [2.24, 2.45) is 20.0 Å². The van der Waals surface area contributed by atoms with Gasteiger partial charge in [0.05, 0.1) is 0 Å². The Morgan fingerprint density at radius 2 is 1.72 bits per heavy atom. The Morgan fingerprint density at radius 3 is 2.50 bits per heavy atom. The highest BCUT2D eigenvalue weighted by atomic mass is 16.2. The first-order valence-electron chi connectivity index (χ1n) is 11.0. The smallest absolute Gasteiger partial charge is 0.331 e. The molecule has 0 radical (unpaired) electrons. The van der Waals surface area contributed by atoms with Gasteiger partial charge in [-0.1, -0.05) is 30.3 Å². The van der Waals surface area contributed by atoms with Crippen LogP contribution >= 0.6 is 0 Å². The van der Waals surface area contributed by atoms with Gasteiger partial charge in [-0.05, 0) is 47.6 Å². The van der Waals surface area contributed by atoms with Crippen LogP contribution in [0.3, 0.4) is 0 Å². The van der Waals surface area contributed by atoms with Crippen molar-refractivity contribution in [1.29, 1.82) is 0 Å². The van der Waals surface area contributed by atoms with Gasteiger partial charge in [-0.25, -0.2) is 4.79 Å². The van der Waals surface area contributed by atoms with Gasteiger partial charge in [0.15, 0.2) is 5.78 Å². The number of carbonyl (C=O) groups excluding carboxylic acids is 2. The maximum absolute atomic E-state index is 13.5. The summed E-state index contributed by atoms with van der Waals surface area (Å²) < 4.78 is 2.16. The van der Waals surface area contributed by atoms with Crippen molar-refractivity contribution in [2.45, 2.75) is 25.7 Å². The van der Waals surface area contributed by atoms with Gasteiger partial charge in [-0.3, -0.25) is 23.5 Å². The molecule has 0 saturated carbocycles. The number of hydrogen-bond donors (Lipinski definition) is 0. The molecular weight excluding hydrogens is 406 g/mol. The molecule has 0 unspecified atom stereocenters. The van der Waals surface area contributed by atoms with E-state index >= 15 is 0 Å². The predicted octanol–water partition coefficient (Wildman–Crippen LogP) is 2.07. The second kappa shape index (κ2) is 7.58. The van der Waals surface area contributed by atoms with Gasteiger partial charge >= 0.3 is 5.69 Å². The average Bonchev–Trinajstić information content (AvgIpc) is 3.24. The Labute approximate surface area is 184 Å². The van der Waals surface area contributed by atoms with Crippen LogP contribution in [0, 0.1) is 5.92 Å². The molecule has 2 aliphatic rings. The first-order chi connectivity index (χ1) is 15.4. The number of hydrogen-bond acceptors (Lipinski definition) is 4. The summed E-state index contributed by atoms with van der Waals surface area (Å²) in [6.07, 6.45) is 3.42. The van der Waals surface area contributed by atoms with Crippen LogP contribution in [0.4, 0.5) is 0 Å². The van der Waals surface area contributed by atoms with Gasteiger partial charge in [0.25, 0.3) is 11.5 Å². The summed E-state index contributed by atoms with van der Waals surface area (Å²) in [5.74, 6) is -0.647. The number of amides is 1. The standard InChI is InChI=1S/C25H25N3O4/c1-26-20(13-21(29)27(2)25(26)32)24(31)28-12-4-6-17(14-28)23(30)19-11-10-16-9-8-15-5-3-7-18(19)22(15)16/h3,5,7,10-11,13,17H,4,6,8-9,12,14H2,1-2H3/t17-/m1/s1. The zero-order chi connectivity index (χ0) is 22.6. The fourth-order valence-corrected chi connectivity index (χ4v) is 5.16. The zero-order valence-corrected chi connectivity index (χ0v) is 18.3. The summed E-state index contributed by atoms with van der Waals surface area (Å²) in [6, 6.07) is 11.3. The summed E-state index contributed by atoms with van der Waals surface area (Å²) in [7, 11) is 2.86. The monoisotopic (exact) mass is 431 g/mol. The highest BCUT2D eigenvalue weighted by Gasteiger charge is 2.32. The topological polar surface area (TPSA) is 81.4 Å². The number of aromatic nitrogens is 2. The number of carbonyl (C=O) groups is 2. The lowest BCUT2D eigenvalue weighted by molar-refractivity contribution is 0.0627. The highest BCUT2D eigenvalue weighted by Crippen LogP contribution is 2.34. The lowest BCUT2D eigenvalue weighted by Crippen LogP contribution is -2.46. The van der Waals surface area contributed by atoms with E-state index in [0.29, 0.717) is 24.9 Å². The van der Waals surface area contributed by atoms with Crippen molar-refractivity contribution < 1.29 is 9.59 Å². The van der Waals surface area contributed by atoms with Gasteiger partial charge in [-0.15, -0.1) is 0 Å². The van der Waals surface area contributed by atoms with Crippen LogP contribution < -0.4 is 11.2 Å². The molecule has 1 saturated heterocycles. The molecule has 1 amide bonds. The number of rotatable bonds is 3. The van der Waals surface area contributed by atoms with Crippen LogP contribution in [0.15, 0.2) is 46.0 Å². The molecule has 1 aliphatic carbocycles. The Morgan fingerprint density at radius 1 is 0.969 bits per heavy atom. The highest BCUT2D eigenvalue weighted by molar-refractivity contribution is 6.11. The quantitative estimate of drug-likeness (QED) is 0.595. The van der Waals surface area contributed by atoms with E-state index < -0.39 is 11.2 Å². The summed E-state index contributed by atoms with van der Waals surface area (Å²) in [5.41, 5.74) is 2.29. The minimum atomic E-state index is -0.543. The normalized spacial score (nSPS) is 17.7. The van der Waals surface area contributed by atoms with E-state index in [0.717, 1.165) is 22.8 Å². The van der Waals surface area contributed by atoms with Crippen molar-refractivity contribution in [3.05, 3.63) is 79.6 Å². The van der Waals surface area contributed by atoms with Gasteiger partial charge in [-0.2, -0.15) is 0 Å². The van der Waals surface area contributed by atoms with Gasteiger partial charge in [0.1, 0.15) is 5.69 Å². The summed E-state index contributed by atoms with van der Waals surface area (Å²) >= 11 is 0. The zero-order valence-electron chi connectivity index (χ0n) is 18.3. The maximum atomic E-state index is 13.5. The number of benzene rings is 2. The predicted molar refractivity (Wildman–Crippen MR) is 121 cm³/mol. The molecule has 0 bridgehead atoms. The third kappa shape index (κ3) is 3.11. The molecule has 0 N–H and O–H groups in total. The van der Waals surface area contributed by atoms with Crippen molar-refractivity contribution in [3.63, 3.8) is 0 Å². The number of aryl methyl sites for hydroxylation is 2. The molecular formula is C25H25N3O4. The van der Waals surface area contributed by atoms with Gasteiger partial charge < -0.3 is 4.90 Å². The summed E-state index contributed by atoms with van der Waals surface area (Å²) in [5, 5.41) is 2.21. The van der Waals surface area contributed by atoms with Crippen molar-refractivity contribution in [1.82, 2.24) is 14.0 Å². The molecule has 1 aliphatic heterocycles. The molecule has 3 aromatic rings. The van der Waals surface area contributed by atoms with Crippen LogP contribution in [-0.4, -0.2) is 38.8 Å². The minimum Gasteiger partial charge on any atom is -0.337 e. The lowest BCUT2D eigenvalue weighted by atomic mass is 9.87. The van der Waals surface area contributed by atoms with Gasteiger partial charge in [0.2, 0.25) is 0 Å². The van der Waals surface area contributed by atoms with E-state index in [1.807, 2.05) is 18.2 Å². The van der Waals surface area contributed by atoms with Crippen LogP contribution in [-0.2, 0) is 26.9 Å². The molecule has 5 rings (SSSR count). The fraction of sp³-hybridized carbons (Fsp3) is 0.360. The third-order valence-electron chi connectivity index (χ3n) is 6.97. The Kier molecular flexibility index (Phi) is 4.84. The third-order valence-corrected chi connectivity index (χ3v) is 6.97. The summed E-state index contributed by atoms with van der Waals surface area (Å²) in [6.45, 7) is 0.778. The Balaban J connectivity index is 1.45. The molecule has 2 aromatic carbocycles. The minimum absolute atomic E-state index is 0.0518. The van der Waals surface area contributed by atoms with Gasteiger partial charge in [0, 0.05) is 44.7 Å². The first-order valence-corrected chi connectivity index (χ1v) is 11.0. The second-order valence-corrected chi connectivity index (χ2v) is 8.83. The fourth-order valence-electron chi connectivity index (χ4n) is 5.16. The van der Waals surface area contributed by atoms with Crippen LogP contribution in [0.25, 0.3) is 10.8 Å². The second-order valence-electron chi connectivity index (χ2n) is 8.83. The largest absolute Gasteiger partial charge is 0.337 e. The Hall–Kier alpha value is -3.48. The van der Waals surface area contributed by atoms with Crippen LogP contribution in [0.5, 0.6) is 0 Å². The molecule has 164 valence electrons. The van der Waals surface area contributed by atoms with E-state index in [9.17, 15) is 19.2 Å². The summed E-state index contributed by atoms with van der Waals surface area (Å²) in [4.78, 5) is 52.6. The van der Waals surface area contributed by atoms with E-state index in [4.69, 9.17) is 0 Å². The van der Waals surface area contributed by atoms with Crippen LogP contribution in [0.2, 0.25) is 0 Å². The van der Waals surface area contributed by atoms with Crippen molar-refractivity contribution in [2.75, 3.05) is 13.1 Å². The molecule has 1 atom stereocenters. The molecule has 2 heterocycles. The average molecular weight is 431 g/mol. The molecule has 32 heavy (non-hydrogen) atoms. The SMILES string of the molecule is Cn1c(C(=O)N2CCC[C@@H](C(=O)c3ccc4c5c(cccc35)CC4)C2)cc(=O)n(C)c1=O. The van der Waals surface area contributed by atoms with Crippen LogP contribution in [0.1, 0.15) is 44.8 Å². The van der Waals surface area contributed by atoms with Crippen molar-refractivity contribution in [3.8, 4) is 0 Å². The lowest BCUT2D eigenvalue weighted by Gasteiger charge is -2.32. The Bertz CT molecular complexity index is 1390. The molecule has 7 heteroatoms. The van der Waals surface area contributed by atoms with E-state index in [2.05, 4.69) is 12.1 Å². The molecule has 0 spiro atoms.